The van der Waals surface area contributed by atoms with Crippen LogP contribution in [-0.4, -0.2) is 201 Å². The van der Waals surface area contributed by atoms with Crippen LogP contribution in [-0.2, 0) is 76.5 Å². The predicted molar refractivity (Wildman–Crippen MR) is 437 cm³/mol. The van der Waals surface area contributed by atoms with E-state index in [1.54, 1.807) is 0 Å². The van der Waals surface area contributed by atoms with Gasteiger partial charge in [0.1, 0.15) is 36.6 Å². The molecule has 6 N–H and O–H groups in total. The highest BCUT2D eigenvalue weighted by atomic mass is 16.6. The average Bonchev–Trinajstić information content (AvgIpc) is 0.773. The van der Waals surface area contributed by atoms with Gasteiger partial charge in [0.05, 0.1) is 0 Å². The summed E-state index contributed by atoms with van der Waals surface area (Å²) in [6.45, 7) is 51.6. The van der Waals surface area contributed by atoms with Crippen molar-refractivity contribution in [3.05, 3.63) is 34.9 Å². The number of ether oxygens (including phenoxy) is 6. The Bertz CT molecular complexity index is 3210. The van der Waals surface area contributed by atoms with Crippen LogP contribution in [0.4, 0.5) is 0 Å². The molecule has 0 bridgehead atoms. The summed E-state index contributed by atoms with van der Waals surface area (Å²) in [6.07, 6.45) is 5.65. The topological polar surface area (TPSA) is 299 Å². The van der Waals surface area contributed by atoms with Gasteiger partial charge >= 0.3 is 35.8 Å². The number of nitrogens with zero attached hydrogens (tertiary/aromatic N) is 6. The van der Waals surface area contributed by atoms with Gasteiger partial charge in [0.15, 0.2) is 16.2 Å². The van der Waals surface area contributed by atoms with Crippen LogP contribution in [0.1, 0.15) is 377 Å². The summed E-state index contributed by atoms with van der Waals surface area (Å²) in [5.41, 5.74) is -12.1. The van der Waals surface area contributed by atoms with Gasteiger partial charge in [-0.15, -0.1) is 0 Å². The second kappa shape index (κ2) is 35.7. The fourth-order valence-corrected chi connectivity index (χ4v) is 21.5. The summed E-state index contributed by atoms with van der Waals surface area (Å²) in [5.74, 6) is -4.10. The first kappa shape index (κ1) is 96.7. The molecule has 114 heavy (non-hydrogen) atoms. The maximum absolute atomic E-state index is 15.8. The van der Waals surface area contributed by atoms with E-state index in [1.807, 2.05) is 193 Å². The van der Waals surface area contributed by atoms with Crippen LogP contribution >= 0.6 is 0 Å². The lowest BCUT2D eigenvalue weighted by atomic mass is 9.75. The fraction of sp³-hybridized carbons (Fsp3) is 0.867. The van der Waals surface area contributed by atoms with E-state index in [4.69, 9.17) is 28.4 Å². The summed E-state index contributed by atoms with van der Waals surface area (Å²) in [5, 5.41) is 76.4. The third-order valence-corrected chi connectivity index (χ3v) is 26.9. The zero-order chi connectivity index (χ0) is 86.2. The summed E-state index contributed by atoms with van der Waals surface area (Å²) >= 11 is 0. The van der Waals surface area contributed by atoms with Crippen molar-refractivity contribution < 1.29 is 88.4 Å². The molecule has 24 heteroatoms. The molecule has 1 aromatic carbocycles. The summed E-state index contributed by atoms with van der Waals surface area (Å²) in [4.78, 5) is 94.3. The van der Waals surface area contributed by atoms with Crippen LogP contribution in [0.15, 0.2) is 18.2 Å². The molecule has 0 amide bonds. The molecular formula is C90H156N6O18. The van der Waals surface area contributed by atoms with Gasteiger partial charge in [0, 0.05) is 144 Å². The summed E-state index contributed by atoms with van der Waals surface area (Å²) in [6, 6.07) is 6.20. The number of carbonyl (C=O) groups excluding carboxylic acids is 6. The number of unbranched alkanes of at least 4 members (excludes halogenated alkanes) is 3. The zero-order valence-corrected chi connectivity index (χ0v) is 75.7. The minimum absolute atomic E-state index is 0.0244. The molecule has 0 atom stereocenters. The Balaban J connectivity index is 1.34. The van der Waals surface area contributed by atoms with Crippen LogP contribution in [0.25, 0.3) is 0 Å². The molecule has 0 radical (unpaired) electrons. The molecule has 654 valence electrons. The second-order valence-corrected chi connectivity index (χ2v) is 43.5. The Morgan fingerprint density at radius 1 is 0.281 bits per heavy atom. The number of carbonyl (C=O) groups is 6. The van der Waals surface area contributed by atoms with E-state index in [-0.39, 0.29) is 44.9 Å². The smallest absolute Gasteiger partial charge is 0.323 e. The van der Waals surface area contributed by atoms with Gasteiger partial charge in [-0.25, -0.2) is 0 Å². The number of aryl methyl sites for hydroxylation is 3. The normalized spacial score (nSPS) is 24.5. The number of piperidine rings is 6. The van der Waals surface area contributed by atoms with Gasteiger partial charge in [-0.1, -0.05) is 77.5 Å². The van der Waals surface area contributed by atoms with Crippen molar-refractivity contribution in [1.29, 1.82) is 0 Å². The van der Waals surface area contributed by atoms with E-state index in [0.717, 1.165) is 16.7 Å². The van der Waals surface area contributed by atoms with Gasteiger partial charge in [0.2, 0.25) is 0 Å². The molecule has 7 rings (SSSR count). The standard InChI is InChI=1S/C90H156N6O18/c1-28-31-42-88(70(97)109-64-49-76(4,5)91(103)77(6,7)50-64,71(98)110-65-51-78(8,9)92(104)79(10,11)52-65)45-34-37-61-40-41-62(38-35-46-89(43-32-29-2,72(99)111-66-53-80(12,13)93(105)81(14,15)54-66)73(100)112-67-55-82(16,17)94(106)83(18,19)56-67)63(48-61)39-36-47-90(44-33-30-3,74(101)113-68-57-84(20,21)95(107)85(22,23)58-68)75(102)114-69-59-86(24,25)96(108)87(26,27)60-69/h40-41,48,64-69,103-108H,28-39,42-47,49-60H2,1-27H3. The van der Waals surface area contributed by atoms with Gasteiger partial charge in [-0.05, 0) is 260 Å². The molecule has 6 aliphatic heterocycles. The highest BCUT2D eigenvalue weighted by molar-refractivity contribution is 6.01. The number of benzene rings is 1. The van der Waals surface area contributed by atoms with E-state index >= 15 is 28.8 Å². The van der Waals surface area contributed by atoms with Gasteiger partial charge in [-0.3, -0.25) is 28.8 Å². The van der Waals surface area contributed by atoms with Gasteiger partial charge in [-0.2, -0.15) is 30.4 Å². The molecule has 6 fully saturated rings. The molecule has 6 heterocycles. The van der Waals surface area contributed by atoms with E-state index in [0.29, 0.717) is 148 Å². The lowest BCUT2D eigenvalue weighted by molar-refractivity contribution is -0.263. The largest absolute Gasteiger partial charge is 0.461 e. The quantitative estimate of drug-likeness (QED) is 0.0216. The molecule has 0 aliphatic carbocycles. The molecule has 0 unspecified atom stereocenters. The number of rotatable bonds is 33. The zero-order valence-electron chi connectivity index (χ0n) is 75.7. The van der Waals surface area contributed by atoms with E-state index < -0.39 is 155 Å². The predicted octanol–water partition coefficient (Wildman–Crippen LogP) is 17.9. The van der Waals surface area contributed by atoms with Crippen molar-refractivity contribution in [2.45, 2.75) is 483 Å². The molecule has 6 saturated heterocycles. The Kier molecular flexibility index (Phi) is 30.3. The first-order valence-corrected chi connectivity index (χ1v) is 43.4. The molecule has 24 nitrogen and oxygen atoms in total. The van der Waals surface area contributed by atoms with Crippen LogP contribution in [0.5, 0.6) is 0 Å². The minimum Gasteiger partial charge on any atom is -0.461 e. The van der Waals surface area contributed by atoms with E-state index in [9.17, 15) is 31.2 Å². The molecule has 0 saturated carbocycles. The highest BCUT2D eigenvalue weighted by Crippen LogP contribution is 2.50. The lowest BCUT2D eigenvalue weighted by Gasteiger charge is -2.51. The van der Waals surface area contributed by atoms with Crippen LogP contribution < -0.4 is 0 Å². The number of hydrogen-bond donors (Lipinski definition) is 6. The third-order valence-electron chi connectivity index (χ3n) is 26.9. The van der Waals surface area contributed by atoms with Gasteiger partial charge < -0.3 is 59.7 Å². The molecule has 1 aromatic rings. The van der Waals surface area contributed by atoms with Crippen molar-refractivity contribution in [3.8, 4) is 0 Å². The van der Waals surface area contributed by atoms with Gasteiger partial charge in [0.25, 0.3) is 0 Å². The fourth-order valence-electron chi connectivity index (χ4n) is 21.5. The summed E-state index contributed by atoms with van der Waals surface area (Å²) < 4.78 is 39.9. The van der Waals surface area contributed by atoms with Crippen LogP contribution in [0, 0.1) is 16.2 Å². The highest BCUT2D eigenvalue weighted by Gasteiger charge is 2.59. The molecule has 0 aromatic heterocycles. The third kappa shape index (κ3) is 21.8. The van der Waals surface area contributed by atoms with Crippen molar-refractivity contribution >= 4 is 35.8 Å². The van der Waals surface area contributed by atoms with Crippen molar-refractivity contribution in [1.82, 2.24) is 30.4 Å². The van der Waals surface area contributed by atoms with E-state index in [1.165, 1.54) is 30.4 Å². The number of hydrogen-bond acceptors (Lipinski definition) is 24. The maximum atomic E-state index is 15.8. The SMILES string of the molecule is CCCCC(CCCc1ccc(CCCC(CCCC)(C(=O)OC2CC(C)(C)N(O)C(C)(C)C2)C(=O)OC2CC(C)(C)N(O)C(C)(C)C2)c(CCCC(CCCC)(C(=O)OC2CC(C)(C)N(O)C(C)(C)C2)C(=O)OC2CC(C)(C)N(O)C(C)(C)C2)c1)(C(=O)OC1CC(C)(C)N(O)C(C)(C)C1)C(=O)OC1CC(C)(C)N(O)C(C)(C)C1. The second-order valence-electron chi connectivity index (χ2n) is 43.5. The monoisotopic (exact) mass is 1610 g/mol. The Labute approximate surface area is 685 Å². The van der Waals surface area contributed by atoms with Crippen LogP contribution in [0.2, 0.25) is 0 Å². The molecule has 6 aliphatic rings. The Morgan fingerprint density at radius 2 is 0.447 bits per heavy atom. The Morgan fingerprint density at radius 3 is 0.632 bits per heavy atom. The first-order valence-electron chi connectivity index (χ1n) is 43.4. The summed E-state index contributed by atoms with van der Waals surface area (Å²) in [7, 11) is 0. The Hall–Kier alpha value is -4.44. The maximum Gasteiger partial charge on any atom is 0.323 e. The molecule has 0 spiro atoms. The first-order chi connectivity index (χ1) is 52.1. The average molecular weight is 1610 g/mol. The molecular weight excluding hydrogens is 1450 g/mol. The van der Waals surface area contributed by atoms with Crippen molar-refractivity contribution in [2.24, 2.45) is 16.2 Å². The van der Waals surface area contributed by atoms with Crippen molar-refractivity contribution in [2.75, 3.05) is 0 Å². The van der Waals surface area contributed by atoms with Crippen LogP contribution in [0.3, 0.4) is 0 Å². The lowest BCUT2D eigenvalue weighted by Crippen LogP contribution is -2.61. The minimum atomic E-state index is -1.80. The van der Waals surface area contributed by atoms with E-state index in [2.05, 4.69) is 12.1 Å². The van der Waals surface area contributed by atoms with Crippen molar-refractivity contribution in [3.63, 3.8) is 0 Å². The number of hydroxylamine groups is 12. The number of esters is 6.